The Labute approximate surface area is 196 Å². The highest BCUT2D eigenvalue weighted by Gasteiger charge is 2.57. The third-order valence-corrected chi connectivity index (χ3v) is 6.66. The quantitative estimate of drug-likeness (QED) is 0.451. The molecular formula is C26H23N3O5. The smallest absolute Gasteiger partial charge is 0.251 e. The van der Waals surface area contributed by atoms with Crippen LogP contribution in [0.1, 0.15) is 27.9 Å². The molecule has 3 N–H and O–H groups in total. The average Bonchev–Trinajstić information content (AvgIpc) is 3.53. The Bertz CT molecular complexity index is 1310. The van der Waals surface area contributed by atoms with Gasteiger partial charge in [0.15, 0.2) is 11.5 Å². The maximum absolute atomic E-state index is 13.9. The van der Waals surface area contributed by atoms with E-state index in [9.17, 15) is 9.59 Å². The molecule has 3 aromatic carbocycles. The van der Waals surface area contributed by atoms with E-state index in [4.69, 9.17) is 19.9 Å². The Morgan fingerprint density at radius 2 is 1.74 bits per heavy atom. The van der Waals surface area contributed by atoms with Crippen molar-refractivity contribution in [3.8, 4) is 17.2 Å². The van der Waals surface area contributed by atoms with Crippen LogP contribution < -0.4 is 30.2 Å². The molecule has 34 heavy (non-hydrogen) atoms. The van der Waals surface area contributed by atoms with Gasteiger partial charge in [0.25, 0.3) is 5.91 Å². The van der Waals surface area contributed by atoms with E-state index in [0.29, 0.717) is 48.0 Å². The minimum absolute atomic E-state index is 0.0313. The largest absolute Gasteiger partial charge is 0.491 e. The highest BCUT2D eigenvalue weighted by Crippen LogP contribution is 2.54. The standard InChI is InChI=1S/C26H23N3O5/c27-17-8-6-16(7-9-17)24(30)28-10-3-11-29-20-5-2-1-4-18(20)26(25(29)31)14-32-21-13-23-22(12-19(21)26)33-15-34-23/h1-2,4-9,12-13H,3,10-11,14-15,27H2,(H,28,30). The lowest BCUT2D eigenvalue weighted by molar-refractivity contribution is -0.122. The van der Waals surface area contributed by atoms with Gasteiger partial charge in [-0.1, -0.05) is 18.2 Å². The fourth-order valence-electron chi connectivity index (χ4n) is 4.96. The number of rotatable bonds is 5. The number of para-hydroxylation sites is 1. The SMILES string of the molecule is Nc1ccc(C(=O)NCCCN2C(=O)C3(COc4cc5c(cc43)OCO5)c3ccccc32)cc1. The third kappa shape index (κ3) is 2.98. The molecule has 0 aromatic heterocycles. The summed E-state index contributed by atoms with van der Waals surface area (Å²) in [7, 11) is 0. The molecule has 1 unspecified atom stereocenters. The van der Waals surface area contributed by atoms with Crippen LogP contribution in [0, 0.1) is 0 Å². The van der Waals surface area contributed by atoms with Crippen LogP contribution in [-0.2, 0) is 10.2 Å². The molecule has 3 heterocycles. The Morgan fingerprint density at radius 1 is 0.971 bits per heavy atom. The molecule has 8 heteroatoms. The summed E-state index contributed by atoms with van der Waals surface area (Å²) in [6.45, 7) is 1.29. The minimum Gasteiger partial charge on any atom is -0.491 e. The number of amides is 2. The number of benzene rings is 3. The molecule has 0 aliphatic carbocycles. The molecule has 2 amide bonds. The summed E-state index contributed by atoms with van der Waals surface area (Å²) >= 11 is 0. The van der Waals surface area contributed by atoms with Gasteiger partial charge in [-0.25, -0.2) is 0 Å². The number of anilines is 2. The van der Waals surface area contributed by atoms with Crippen LogP contribution in [0.15, 0.2) is 60.7 Å². The van der Waals surface area contributed by atoms with Crippen molar-refractivity contribution in [2.75, 3.05) is 37.1 Å². The molecule has 172 valence electrons. The Kier molecular flexibility index (Phi) is 4.62. The van der Waals surface area contributed by atoms with Gasteiger partial charge in [0.1, 0.15) is 17.8 Å². The second kappa shape index (κ2) is 7.69. The van der Waals surface area contributed by atoms with E-state index in [-0.39, 0.29) is 25.2 Å². The number of nitrogens with two attached hydrogens (primary N) is 1. The number of nitrogens with zero attached hydrogens (tertiary/aromatic N) is 1. The third-order valence-electron chi connectivity index (χ3n) is 6.66. The summed E-state index contributed by atoms with van der Waals surface area (Å²) < 4.78 is 17.1. The molecule has 0 radical (unpaired) electrons. The molecule has 8 nitrogen and oxygen atoms in total. The molecule has 6 rings (SSSR count). The molecule has 1 spiro atoms. The van der Waals surface area contributed by atoms with Crippen molar-refractivity contribution in [2.45, 2.75) is 11.8 Å². The summed E-state index contributed by atoms with van der Waals surface area (Å²) in [5.41, 5.74) is 8.51. The van der Waals surface area contributed by atoms with Gasteiger partial charge < -0.3 is 30.2 Å². The lowest BCUT2D eigenvalue weighted by atomic mass is 9.77. The number of nitrogen functional groups attached to an aromatic ring is 1. The molecule has 0 bridgehead atoms. The topological polar surface area (TPSA) is 103 Å². The van der Waals surface area contributed by atoms with Crippen LogP contribution in [0.2, 0.25) is 0 Å². The molecule has 3 aliphatic rings. The lowest BCUT2D eigenvalue weighted by Gasteiger charge is -2.23. The zero-order chi connectivity index (χ0) is 23.3. The lowest BCUT2D eigenvalue weighted by Crippen LogP contribution is -2.43. The van der Waals surface area contributed by atoms with Crippen LogP contribution >= 0.6 is 0 Å². The van der Waals surface area contributed by atoms with Crippen molar-refractivity contribution >= 4 is 23.2 Å². The zero-order valence-electron chi connectivity index (χ0n) is 18.4. The normalized spacial score (nSPS) is 19.2. The summed E-state index contributed by atoms with van der Waals surface area (Å²) in [4.78, 5) is 28.1. The van der Waals surface area contributed by atoms with E-state index in [2.05, 4.69) is 5.32 Å². The first kappa shape index (κ1) is 20.4. The highest BCUT2D eigenvalue weighted by molar-refractivity contribution is 6.11. The predicted molar refractivity (Wildman–Crippen MR) is 125 cm³/mol. The van der Waals surface area contributed by atoms with E-state index in [1.165, 1.54) is 0 Å². The monoisotopic (exact) mass is 457 g/mol. The van der Waals surface area contributed by atoms with Gasteiger partial charge in [0.05, 0.1) is 0 Å². The van der Waals surface area contributed by atoms with Crippen LogP contribution in [0.5, 0.6) is 17.2 Å². The summed E-state index contributed by atoms with van der Waals surface area (Å²) in [5.74, 6) is 1.70. The van der Waals surface area contributed by atoms with Gasteiger partial charge in [-0.15, -0.1) is 0 Å². The molecule has 3 aliphatic heterocycles. The van der Waals surface area contributed by atoms with Crippen LogP contribution in [-0.4, -0.2) is 38.3 Å². The van der Waals surface area contributed by atoms with Crippen LogP contribution in [0.3, 0.4) is 0 Å². The van der Waals surface area contributed by atoms with E-state index in [1.54, 1.807) is 35.2 Å². The molecule has 0 saturated carbocycles. The second-order valence-electron chi connectivity index (χ2n) is 8.60. The fourth-order valence-corrected chi connectivity index (χ4v) is 4.96. The van der Waals surface area contributed by atoms with Gasteiger partial charge in [0, 0.05) is 41.7 Å². The summed E-state index contributed by atoms with van der Waals surface area (Å²) in [6, 6.07) is 18.3. The van der Waals surface area contributed by atoms with Crippen molar-refractivity contribution < 1.29 is 23.8 Å². The Balaban J connectivity index is 1.22. The minimum atomic E-state index is -0.917. The summed E-state index contributed by atoms with van der Waals surface area (Å²) in [5, 5.41) is 2.91. The number of fused-ring (bicyclic) bond motifs is 5. The average molecular weight is 457 g/mol. The second-order valence-corrected chi connectivity index (χ2v) is 8.60. The molecule has 1 atom stereocenters. The number of carbonyl (C=O) groups is 2. The van der Waals surface area contributed by atoms with Gasteiger partial charge in [-0.3, -0.25) is 9.59 Å². The Hall–Kier alpha value is -4.20. The molecule has 0 saturated heterocycles. The van der Waals surface area contributed by atoms with Crippen molar-refractivity contribution in [1.29, 1.82) is 0 Å². The van der Waals surface area contributed by atoms with Crippen molar-refractivity contribution in [2.24, 2.45) is 0 Å². The van der Waals surface area contributed by atoms with Gasteiger partial charge in [-0.05, 0) is 48.4 Å². The van der Waals surface area contributed by atoms with Crippen molar-refractivity contribution in [3.63, 3.8) is 0 Å². The first-order chi connectivity index (χ1) is 16.6. The summed E-state index contributed by atoms with van der Waals surface area (Å²) in [6.07, 6.45) is 0.603. The number of nitrogens with one attached hydrogen (secondary N) is 1. The van der Waals surface area contributed by atoms with Crippen molar-refractivity contribution in [1.82, 2.24) is 5.32 Å². The van der Waals surface area contributed by atoms with E-state index < -0.39 is 5.41 Å². The number of carbonyl (C=O) groups excluding carboxylic acids is 2. The number of hydrogen-bond donors (Lipinski definition) is 2. The van der Waals surface area contributed by atoms with E-state index in [1.807, 2.05) is 30.3 Å². The maximum atomic E-state index is 13.9. The molecule has 3 aromatic rings. The zero-order valence-corrected chi connectivity index (χ0v) is 18.4. The fraction of sp³-hybridized carbons (Fsp3) is 0.231. The first-order valence-corrected chi connectivity index (χ1v) is 11.2. The maximum Gasteiger partial charge on any atom is 0.251 e. The van der Waals surface area contributed by atoms with Gasteiger partial charge >= 0.3 is 0 Å². The Morgan fingerprint density at radius 3 is 2.56 bits per heavy atom. The van der Waals surface area contributed by atoms with Crippen molar-refractivity contribution in [3.05, 3.63) is 77.4 Å². The molecule has 0 fully saturated rings. The highest BCUT2D eigenvalue weighted by atomic mass is 16.7. The van der Waals surface area contributed by atoms with Crippen LogP contribution in [0.25, 0.3) is 0 Å². The van der Waals surface area contributed by atoms with E-state index in [0.717, 1.165) is 16.8 Å². The predicted octanol–water partition coefficient (Wildman–Crippen LogP) is 2.84. The number of ether oxygens (including phenoxy) is 3. The number of hydrogen-bond acceptors (Lipinski definition) is 6. The van der Waals surface area contributed by atoms with Gasteiger partial charge in [0.2, 0.25) is 12.7 Å². The molecular weight excluding hydrogens is 434 g/mol. The van der Waals surface area contributed by atoms with E-state index >= 15 is 0 Å². The van der Waals surface area contributed by atoms with Gasteiger partial charge in [-0.2, -0.15) is 0 Å². The van der Waals surface area contributed by atoms with Crippen LogP contribution in [0.4, 0.5) is 11.4 Å². The first-order valence-electron chi connectivity index (χ1n) is 11.2.